The highest BCUT2D eigenvalue weighted by Crippen LogP contribution is 2.43. The molecule has 0 saturated carbocycles. The van der Waals surface area contributed by atoms with E-state index in [4.69, 9.17) is 53.9 Å². The molecule has 1 saturated heterocycles. The van der Waals surface area contributed by atoms with Crippen LogP contribution >= 0.6 is 56.7 Å². The van der Waals surface area contributed by atoms with Crippen molar-refractivity contribution >= 4 is 121 Å². The number of aromatic hydroxyl groups is 1. The van der Waals surface area contributed by atoms with Gasteiger partial charge in [-0.25, -0.2) is 39.5 Å². The van der Waals surface area contributed by atoms with Gasteiger partial charge >= 0.3 is 11.9 Å². The summed E-state index contributed by atoms with van der Waals surface area (Å²) in [6.07, 6.45) is -7.43. The fraction of sp³-hybridized carbons (Fsp3) is 0.355. The molecule has 10 atom stereocenters. The van der Waals surface area contributed by atoms with Crippen LogP contribution in [0, 0.1) is 0 Å². The van der Waals surface area contributed by atoms with Gasteiger partial charge < -0.3 is 85.8 Å². The predicted octanol–water partition coefficient (Wildman–Crippen LogP) is 3.71. The number of aromatic nitrogens is 7. The Bertz CT molecular complexity index is 4620. The number of aliphatic hydroxyl groups excluding tert-OH is 1. The molecule has 4 aliphatic rings. The number of amides is 6. The number of ether oxygens (including phenoxy) is 6. The van der Waals surface area contributed by atoms with Gasteiger partial charge in [0, 0.05) is 49.8 Å². The fourth-order valence-electron chi connectivity index (χ4n) is 11.9. The Kier molecular flexibility index (Phi) is 19.6. The number of carbonyl (C=O) groups is 8. The number of hydrogen-bond donors (Lipinski definition) is 9. The van der Waals surface area contributed by atoms with E-state index in [1.54, 1.807) is 56.4 Å². The molecule has 7 aromatic heterocycles. The van der Waals surface area contributed by atoms with Crippen LogP contribution in [0.15, 0.2) is 69.2 Å². The van der Waals surface area contributed by atoms with Crippen LogP contribution in [0.5, 0.6) is 5.75 Å². The Balaban J connectivity index is 1.05. The van der Waals surface area contributed by atoms with E-state index in [-0.39, 0.29) is 99.6 Å². The molecule has 99 heavy (non-hydrogen) atoms. The number of hydrogen-bond acceptors (Lipinski definition) is 30. The fourth-order valence-corrected chi connectivity index (χ4v) is 16.1. The van der Waals surface area contributed by atoms with E-state index in [1.165, 1.54) is 60.4 Å². The molecule has 37 heteroatoms. The summed E-state index contributed by atoms with van der Waals surface area (Å²) in [5, 5.41) is 55.7. The molecule has 6 amide bonds. The normalized spacial score (nSPS) is 23.9. The Labute approximate surface area is 581 Å². The van der Waals surface area contributed by atoms with Gasteiger partial charge in [0.1, 0.15) is 127 Å². The Hall–Kier alpha value is -9.54. The summed E-state index contributed by atoms with van der Waals surface area (Å²) in [5.41, 5.74) is 2.91. The molecular weight excluding hydrogens is 1390 g/mol. The van der Waals surface area contributed by atoms with Gasteiger partial charge in [0.15, 0.2) is 18.1 Å². The first-order chi connectivity index (χ1) is 47.2. The van der Waals surface area contributed by atoms with E-state index < -0.39 is 139 Å². The van der Waals surface area contributed by atoms with Crippen molar-refractivity contribution in [3.63, 3.8) is 0 Å². The molecule has 0 spiro atoms. The van der Waals surface area contributed by atoms with Crippen molar-refractivity contribution in [2.45, 2.75) is 108 Å². The zero-order valence-electron chi connectivity index (χ0n) is 53.6. The highest BCUT2D eigenvalue weighted by molar-refractivity contribution is 7.14. The summed E-state index contributed by atoms with van der Waals surface area (Å²) in [5.74, 6) is -8.00. The first-order valence-corrected chi connectivity index (χ1v) is 34.5. The van der Waals surface area contributed by atoms with Gasteiger partial charge in [-0.2, -0.15) is 4.73 Å². The van der Waals surface area contributed by atoms with Gasteiger partial charge in [-0.3, -0.25) is 28.8 Å². The van der Waals surface area contributed by atoms with Crippen molar-refractivity contribution in [2.75, 3.05) is 34.9 Å². The number of aliphatic hydroxyl groups is 2. The number of nitrogens with two attached hydrogens (primary N) is 1. The van der Waals surface area contributed by atoms with E-state index in [0.717, 1.165) is 56.7 Å². The van der Waals surface area contributed by atoms with Crippen LogP contribution < -0.4 is 37.2 Å². The summed E-state index contributed by atoms with van der Waals surface area (Å²) < 4.78 is 39.2. The third-order valence-electron chi connectivity index (χ3n) is 16.5. The number of nitrogens with zero attached hydrogens (tertiary/aromatic N) is 8. The van der Waals surface area contributed by atoms with Crippen molar-refractivity contribution in [3.8, 4) is 38.4 Å². The van der Waals surface area contributed by atoms with E-state index in [2.05, 4.69) is 48.1 Å². The largest absolute Gasteiger partial charge is 0.506 e. The maximum Gasteiger partial charge on any atom is 0.358 e. The highest BCUT2D eigenvalue weighted by Gasteiger charge is 2.50. The van der Waals surface area contributed by atoms with Gasteiger partial charge in [-0.15, -0.1) is 56.7 Å². The predicted molar refractivity (Wildman–Crippen MR) is 355 cm³/mol. The van der Waals surface area contributed by atoms with Gasteiger partial charge in [-0.1, -0.05) is 18.7 Å². The number of allylic oxidation sites excluding steroid dienone is 1. The minimum Gasteiger partial charge on any atom is -0.506 e. The number of thiazole rings is 5. The number of fused-ring (bicyclic) bond motifs is 15. The minimum atomic E-state index is -1.89. The number of cyclic esters (lactones) is 2. The van der Waals surface area contributed by atoms with Gasteiger partial charge in [-0.05, 0) is 59.5 Å². The maximum absolute atomic E-state index is 15.3. The number of pyridine rings is 1. The molecule has 0 radical (unpaired) electrons. The SMILES string of the molecule is C=C(NC(=O)c1csc(-c2nc3c(cc2O)-c2nc(cs2)C(=O)NC(C(C)O)C(=O)N/C(=C(\C)OC)c2nc(cs2)C(=O)NC2c4nc(cs4)C(=O)NC(COC(=O)c4c5c6c(cccc6n4OC)COC(=O)C(OC4CC(C)(O)C(N(C)C)C(C)O4)C2OC5)c2nc-3cs2)n1)C(N)=O. The third kappa shape index (κ3) is 13.7. The average Bonchev–Trinajstić information content (AvgIpc) is 1.68. The van der Waals surface area contributed by atoms with Crippen molar-refractivity contribution in [1.29, 1.82) is 0 Å². The van der Waals surface area contributed by atoms with Crippen LogP contribution in [0.3, 0.4) is 0 Å². The van der Waals surface area contributed by atoms with E-state index in [9.17, 15) is 34.5 Å². The molecule has 518 valence electrons. The molecule has 4 aliphatic heterocycles. The second-order valence-corrected chi connectivity index (χ2v) is 27.8. The molecule has 0 aliphatic carbocycles. The van der Waals surface area contributed by atoms with Crippen LogP contribution in [0.2, 0.25) is 0 Å². The molecule has 8 aromatic rings. The number of esters is 2. The molecule has 32 nitrogen and oxygen atoms in total. The number of nitrogens with one attached hydrogen (secondary N) is 5. The van der Waals surface area contributed by atoms with Gasteiger partial charge in [0.25, 0.3) is 29.5 Å². The lowest BCUT2D eigenvalue weighted by Crippen LogP contribution is -2.62. The highest BCUT2D eigenvalue weighted by atomic mass is 32.1. The minimum absolute atomic E-state index is 0.00134. The molecule has 1 fully saturated rings. The molecule has 10 unspecified atom stereocenters. The number of carbonyl (C=O) groups excluding carboxylic acids is 8. The molecule has 1 aromatic carbocycles. The van der Waals surface area contributed by atoms with Gasteiger partial charge in [0.05, 0.1) is 48.8 Å². The lowest BCUT2D eigenvalue weighted by Gasteiger charge is -2.48. The monoisotopic (exact) mass is 1450 g/mol. The van der Waals surface area contributed by atoms with Crippen molar-refractivity contribution in [3.05, 3.63) is 124 Å². The van der Waals surface area contributed by atoms with Crippen LogP contribution in [0.25, 0.3) is 49.3 Å². The van der Waals surface area contributed by atoms with Crippen molar-refractivity contribution < 1.29 is 86.9 Å². The van der Waals surface area contributed by atoms with Crippen molar-refractivity contribution in [2.24, 2.45) is 5.73 Å². The summed E-state index contributed by atoms with van der Waals surface area (Å²) in [6.45, 7) is 7.94. The average molecular weight is 1450 g/mol. The lowest BCUT2D eigenvalue weighted by molar-refractivity contribution is -0.280. The summed E-state index contributed by atoms with van der Waals surface area (Å²) >= 11 is 4.55. The summed E-state index contributed by atoms with van der Waals surface area (Å²) in [6, 6.07) is 1.06. The molecule has 12 bridgehead atoms. The molecule has 11 heterocycles. The quantitative estimate of drug-likeness (QED) is 0.0535. The zero-order chi connectivity index (χ0) is 70.6. The maximum atomic E-state index is 15.3. The van der Waals surface area contributed by atoms with Crippen LogP contribution in [0.1, 0.15) is 125 Å². The van der Waals surface area contributed by atoms with Crippen LogP contribution in [-0.4, -0.2) is 186 Å². The number of rotatable bonds is 10. The summed E-state index contributed by atoms with van der Waals surface area (Å²) in [4.78, 5) is 150. The smallest absolute Gasteiger partial charge is 0.358 e. The van der Waals surface area contributed by atoms with Crippen molar-refractivity contribution in [1.82, 2.24) is 66.1 Å². The van der Waals surface area contributed by atoms with Crippen LogP contribution in [0.4, 0.5) is 0 Å². The number of likely N-dealkylation sites (N-methyl/N-ethyl adjacent to an activating group) is 1. The van der Waals surface area contributed by atoms with Crippen LogP contribution in [-0.2, 0) is 56.0 Å². The number of primary amides is 1. The number of methoxy groups -OCH3 is 1. The zero-order valence-corrected chi connectivity index (χ0v) is 57.7. The summed E-state index contributed by atoms with van der Waals surface area (Å²) in [7, 11) is 6.18. The standard InChI is InChI=1S/C62H62N14O18S5/c1-23(49(63)79)64-50(80)32-20-98-58(69-32)43-37(78)13-28-42(71-43)31-18-96-56(66-31)30-17-92-60(85)45-29-16-90-46(47(94-38-14-62(5,87)48(75(6)7)26(4)93-38)61(86)91-15-27-11-10-12-36(39(27)29)76(45)89-9)44(59-70-33(21-99-59)51(81)65-30)74-53(83)35-22-97-57(68-35)41(25(3)88-8)73-54(84)40(24(2)77)72-52(82)34-19-95-55(28)67-34/h10-13,18-22,24,26,30,38,40,44,46-48,77-78,87H,1,14-17H2,2-9H3,(H2,63,79)(H,64,80)(H,65,81)(H,72,82)(H,73,84)(H,74,83)/b41-25+. The Morgan fingerprint density at radius 1 is 0.848 bits per heavy atom. The molecular formula is C62H62N14O18S5. The second-order valence-electron chi connectivity index (χ2n) is 23.5. The van der Waals surface area contributed by atoms with E-state index in [0.29, 0.717) is 16.5 Å². The van der Waals surface area contributed by atoms with Gasteiger partial charge in [0.2, 0.25) is 5.91 Å². The Morgan fingerprint density at radius 3 is 2.22 bits per heavy atom. The molecule has 10 N–H and O–H groups in total. The second kappa shape index (κ2) is 28.0. The Morgan fingerprint density at radius 2 is 1.52 bits per heavy atom. The first-order valence-electron chi connectivity index (χ1n) is 30.1. The van der Waals surface area contributed by atoms with E-state index >= 15 is 19.2 Å². The third-order valence-corrected chi connectivity index (χ3v) is 21.0. The first kappa shape index (κ1) is 69.4. The van der Waals surface area contributed by atoms with E-state index in [1.807, 2.05) is 0 Å². The molecule has 12 rings (SSSR count). The number of benzene rings is 1. The topological polar surface area (TPSA) is 434 Å². The lowest BCUT2D eigenvalue weighted by atomic mass is 9.85.